The summed E-state index contributed by atoms with van der Waals surface area (Å²) in [5, 5.41) is 7.53. The van der Waals surface area contributed by atoms with Crippen LogP contribution in [0.1, 0.15) is 13.3 Å². The second-order valence-electron chi connectivity index (χ2n) is 2.53. The van der Waals surface area contributed by atoms with Crippen molar-refractivity contribution in [3.8, 4) is 0 Å². The summed E-state index contributed by atoms with van der Waals surface area (Å²) in [6, 6.07) is 0. The highest BCUT2D eigenvalue weighted by atomic mass is 16.9. The minimum absolute atomic E-state index is 0.0461. The number of hydrogen-bond donors (Lipinski definition) is 1. The van der Waals surface area contributed by atoms with Crippen molar-refractivity contribution in [2.45, 2.75) is 19.3 Å². The Labute approximate surface area is 77.5 Å². The topological polar surface area (TPSA) is 68.6 Å². The SMILES string of the molecule is COC(OC)(OC)C(=N)CC(C)=O. The van der Waals surface area contributed by atoms with Crippen molar-refractivity contribution in [1.29, 1.82) is 5.41 Å². The molecule has 0 spiro atoms. The molecule has 0 atom stereocenters. The van der Waals surface area contributed by atoms with Crippen LogP contribution in [0, 0.1) is 5.41 Å². The van der Waals surface area contributed by atoms with E-state index in [1.807, 2.05) is 0 Å². The molecule has 0 unspecified atom stereocenters. The van der Waals surface area contributed by atoms with Crippen molar-refractivity contribution in [3.05, 3.63) is 0 Å². The summed E-state index contributed by atoms with van der Waals surface area (Å²) in [7, 11) is 4.05. The van der Waals surface area contributed by atoms with Crippen LogP contribution in [0.15, 0.2) is 0 Å². The van der Waals surface area contributed by atoms with Crippen LogP contribution in [0.3, 0.4) is 0 Å². The van der Waals surface area contributed by atoms with Gasteiger partial charge in [-0.15, -0.1) is 0 Å². The molecule has 0 rings (SSSR count). The molecule has 0 fully saturated rings. The lowest BCUT2D eigenvalue weighted by Gasteiger charge is -2.28. The maximum atomic E-state index is 10.7. The van der Waals surface area contributed by atoms with Crippen LogP contribution in [0.5, 0.6) is 0 Å². The molecule has 5 heteroatoms. The Morgan fingerprint density at radius 1 is 1.23 bits per heavy atom. The van der Waals surface area contributed by atoms with Crippen molar-refractivity contribution < 1.29 is 19.0 Å². The van der Waals surface area contributed by atoms with Gasteiger partial charge in [-0.3, -0.25) is 4.79 Å². The molecule has 0 heterocycles. The third-order valence-electron chi connectivity index (χ3n) is 1.60. The molecule has 0 aliphatic carbocycles. The molecule has 0 aliphatic heterocycles. The van der Waals surface area contributed by atoms with Crippen LogP contribution >= 0.6 is 0 Å². The van der Waals surface area contributed by atoms with Crippen LogP contribution in [-0.4, -0.2) is 38.8 Å². The van der Waals surface area contributed by atoms with Gasteiger partial charge in [-0.25, -0.2) is 0 Å². The van der Waals surface area contributed by atoms with Gasteiger partial charge in [-0.2, -0.15) is 0 Å². The zero-order chi connectivity index (χ0) is 10.5. The maximum absolute atomic E-state index is 10.7. The lowest BCUT2D eigenvalue weighted by molar-refractivity contribution is -0.304. The van der Waals surface area contributed by atoms with E-state index in [2.05, 4.69) is 0 Å². The molecular weight excluding hydrogens is 174 g/mol. The standard InChI is InChI=1S/C8H15NO4/c1-6(10)5-7(9)8(11-2,12-3)13-4/h9H,5H2,1-4H3. The zero-order valence-electron chi connectivity index (χ0n) is 8.34. The molecule has 0 saturated carbocycles. The van der Waals surface area contributed by atoms with Gasteiger partial charge in [0.05, 0.1) is 6.42 Å². The summed E-state index contributed by atoms with van der Waals surface area (Å²) >= 11 is 0. The van der Waals surface area contributed by atoms with Crippen molar-refractivity contribution in [1.82, 2.24) is 0 Å². The van der Waals surface area contributed by atoms with Crippen LogP contribution in [0.4, 0.5) is 0 Å². The summed E-state index contributed by atoms with van der Waals surface area (Å²) < 4.78 is 14.6. The number of carbonyl (C=O) groups excluding carboxylic acids is 1. The van der Waals surface area contributed by atoms with Crippen LogP contribution in [0.2, 0.25) is 0 Å². The van der Waals surface area contributed by atoms with Crippen molar-refractivity contribution >= 4 is 11.5 Å². The van der Waals surface area contributed by atoms with Gasteiger partial charge in [-0.1, -0.05) is 0 Å². The Morgan fingerprint density at radius 3 is 1.85 bits per heavy atom. The molecular formula is C8H15NO4. The average molecular weight is 189 g/mol. The largest absolute Gasteiger partial charge is 0.326 e. The van der Waals surface area contributed by atoms with Crippen molar-refractivity contribution in [2.75, 3.05) is 21.3 Å². The molecule has 0 aliphatic rings. The number of carbonyl (C=O) groups is 1. The van der Waals surface area contributed by atoms with Gasteiger partial charge in [-0.05, 0) is 6.92 Å². The third-order valence-corrected chi connectivity index (χ3v) is 1.60. The highest BCUT2D eigenvalue weighted by Gasteiger charge is 2.35. The lowest BCUT2D eigenvalue weighted by atomic mass is 10.2. The van der Waals surface area contributed by atoms with E-state index < -0.39 is 5.97 Å². The minimum atomic E-state index is -1.52. The number of methoxy groups -OCH3 is 3. The smallest absolute Gasteiger partial charge is 0.324 e. The van der Waals surface area contributed by atoms with Gasteiger partial charge < -0.3 is 19.6 Å². The van der Waals surface area contributed by atoms with E-state index >= 15 is 0 Å². The Bertz CT molecular complexity index is 190. The fraction of sp³-hybridized carbons (Fsp3) is 0.750. The lowest BCUT2D eigenvalue weighted by Crippen LogP contribution is -2.44. The Balaban J connectivity index is 4.53. The van der Waals surface area contributed by atoms with Gasteiger partial charge in [0, 0.05) is 21.3 Å². The molecule has 5 nitrogen and oxygen atoms in total. The average Bonchev–Trinajstić information content (AvgIpc) is 2.07. The highest BCUT2D eigenvalue weighted by Crippen LogP contribution is 2.15. The van der Waals surface area contributed by atoms with E-state index in [0.29, 0.717) is 0 Å². The van der Waals surface area contributed by atoms with Crippen LogP contribution < -0.4 is 0 Å². The molecule has 0 aromatic rings. The Kier molecular flexibility index (Phi) is 4.76. The summed E-state index contributed by atoms with van der Waals surface area (Å²) in [5.74, 6) is -1.66. The van der Waals surface area contributed by atoms with E-state index in [0.717, 1.165) is 0 Å². The number of Topliss-reactive ketones (excluding diaryl/α,β-unsaturated/α-hetero) is 1. The number of ketones is 1. The number of ether oxygens (including phenoxy) is 3. The van der Waals surface area contributed by atoms with E-state index in [1.165, 1.54) is 28.3 Å². The predicted molar refractivity (Wildman–Crippen MR) is 46.8 cm³/mol. The van der Waals surface area contributed by atoms with E-state index in [-0.39, 0.29) is 17.9 Å². The minimum Gasteiger partial charge on any atom is -0.326 e. The molecule has 0 aromatic heterocycles. The fourth-order valence-electron chi connectivity index (χ4n) is 0.977. The molecule has 0 radical (unpaired) electrons. The molecule has 13 heavy (non-hydrogen) atoms. The monoisotopic (exact) mass is 189 g/mol. The molecule has 1 N–H and O–H groups in total. The third kappa shape index (κ3) is 2.87. The first-order valence-electron chi connectivity index (χ1n) is 3.75. The quantitative estimate of drug-likeness (QED) is 0.490. The van der Waals surface area contributed by atoms with Gasteiger partial charge in [0.25, 0.3) is 0 Å². The van der Waals surface area contributed by atoms with E-state index in [9.17, 15) is 4.79 Å². The first-order chi connectivity index (χ1) is 6.02. The first kappa shape index (κ1) is 12.2. The molecule has 0 amide bonds. The predicted octanol–water partition coefficient (Wildman–Crippen LogP) is 0.578. The van der Waals surface area contributed by atoms with E-state index in [4.69, 9.17) is 19.6 Å². The zero-order valence-corrected chi connectivity index (χ0v) is 8.34. The van der Waals surface area contributed by atoms with Gasteiger partial charge in [0.1, 0.15) is 11.5 Å². The second kappa shape index (κ2) is 5.06. The normalized spacial score (nSPS) is 11.4. The summed E-state index contributed by atoms with van der Waals surface area (Å²) in [5.41, 5.74) is -0.0486. The van der Waals surface area contributed by atoms with E-state index in [1.54, 1.807) is 0 Å². The van der Waals surface area contributed by atoms with Crippen LogP contribution in [-0.2, 0) is 19.0 Å². The summed E-state index contributed by atoms with van der Waals surface area (Å²) in [6.45, 7) is 1.39. The van der Waals surface area contributed by atoms with Crippen LogP contribution in [0.25, 0.3) is 0 Å². The summed E-state index contributed by atoms with van der Waals surface area (Å²) in [6.07, 6.45) is -0.0461. The Hall–Kier alpha value is -0.780. The molecule has 0 bridgehead atoms. The Morgan fingerprint density at radius 2 is 1.62 bits per heavy atom. The first-order valence-corrected chi connectivity index (χ1v) is 3.75. The summed E-state index contributed by atoms with van der Waals surface area (Å²) in [4.78, 5) is 10.7. The van der Waals surface area contributed by atoms with Crippen molar-refractivity contribution in [3.63, 3.8) is 0 Å². The highest BCUT2D eigenvalue weighted by molar-refractivity contribution is 6.02. The van der Waals surface area contributed by atoms with Gasteiger partial charge in [0.2, 0.25) is 0 Å². The maximum Gasteiger partial charge on any atom is 0.324 e. The molecule has 76 valence electrons. The number of rotatable bonds is 6. The van der Waals surface area contributed by atoms with Gasteiger partial charge in [0.15, 0.2) is 0 Å². The second-order valence-corrected chi connectivity index (χ2v) is 2.53. The molecule has 0 aromatic carbocycles. The fourth-order valence-corrected chi connectivity index (χ4v) is 0.977. The van der Waals surface area contributed by atoms with Gasteiger partial charge >= 0.3 is 5.97 Å². The number of nitrogens with one attached hydrogen (secondary N) is 1. The van der Waals surface area contributed by atoms with Crippen molar-refractivity contribution in [2.24, 2.45) is 0 Å². The number of hydrogen-bond acceptors (Lipinski definition) is 5. The molecule has 0 saturated heterocycles.